The quantitative estimate of drug-likeness (QED) is 0.797. The highest BCUT2D eigenvalue weighted by Crippen LogP contribution is 2.34. The minimum atomic E-state index is 0.147. The zero-order valence-electron chi connectivity index (χ0n) is 14.1. The van der Waals surface area contributed by atoms with E-state index in [1.54, 1.807) is 0 Å². The number of urea groups is 1. The van der Waals surface area contributed by atoms with Crippen LogP contribution in [0.1, 0.15) is 50.8 Å². The van der Waals surface area contributed by atoms with E-state index < -0.39 is 0 Å². The van der Waals surface area contributed by atoms with Crippen LogP contribution in [0.15, 0.2) is 24.3 Å². The molecule has 4 rings (SSSR count). The van der Waals surface area contributed by atoms with Gasteiger partial charge in [-0.05, 0) is 44.2 Å². The van der Waals surface area contributed by atoms with Gasteiger partial charge in [0.15, 0.2) is 0 Å². The van der Waals surface area contributed by atoms with Crippen molar-refractivity contribution in [3.63, 3.8) is 0 Å². The highest BCUT2D eigenvalue weighted by Gasteiger charge is 2.38. The van der Waals surface area contributed by atoms with Gasteiger partial charge in [-0.2, -0.15) is 0 Å². The minimum absolute atomic E-state index is 0.147. The topological polar surface area (TPSA) is 61.0 Å². The molecule has 5 heteroatoms. The number of aromatic amines is 1. The maximum Gasteiger partial charge on any atom is 0.317 e. The molecule has 2 saturated carbocycles. The summed E-state index contributed by atoms with van der Waals surface area (Å²) in [6.07, 6.45) is 9.05. The maximum absolute atomic E-state index is 12.6. The summed E-state index contributed by atoms with van der Waals surface area (Å²) in [6.45, 7) is 0.714. The molecule has 0 unspecified atom stereocenters. The first-order chi connectivity index (χ1) is 11.8. The lowest BCUT2D eigenvalue weighted by Gasteiger charge is -2.29. The molecular weight excluding hydrogens is 300 g/mol. The minimum Gasteiger partial charge on any atom is -0.342 e. The average molecular weight is 326 g/mol. The second-order valence-electron chi connectivity index (χ2n) is 7.11. The van der Waals surface area contributed by atoms with Crippen LogP contribution < -0.4 is 5.32 Å². The van der Waals surface area contributed by atoms with Crippen LogP contribution in [0.5, 0.6) is 0 Å². The van der Waals surface area contributed by atoms with Crippen LogP contribution >= 0.6 is 0 Å². The maximum atomic E-state index is 12.6. The van der Waals surface area contributed by atoms with Crippen molar-refractivity contribution in [1.82, 2.24) is 20.2 Å². The number of fused-ring (bicyclic) bond motifs is 1. The predicted octanol–water partition coefficient (Wildman–Crippen LogP) is 3.61. The molecule has 2 aliphatic carbocycles. The number of rotatable bonds is 6. The van der Waals surface area contributed by atoms with E-state index in [2.05, 4.69) is 20.2 Å². The van der Waals surface area contributed by atoms with Crippen molar-refractivity contribution in [2.45, 2.75) is 63.5 Å². The van der Waals surface area contributed by atoms with E-state index in [9.17, 15) is 4.79 Å². The number of para-hydroxylation sites is 2. The standard InChI is InChI=1S/C19H26N4O/c24-19(23(15-11-12-15)14-6-1-2-7-14)20-13-5-10-18-21-16-8-3-4-9-17(16)22-18/h3-4,8-9,14-15H,1-2,5-7,10-13H2,(H,20,24)(H,21,22). The highest BCUT2D eigenvalue weighted by atomic mass is 16.2. The predicted molar refractivity (Wildman–Crippen MR) is 94.9 cm³/mol. The van der Waals surface area contributed by atoms with Gasteiger partial charge in [0.25, 0.3) is 0 Å². The molecule has 0 aliphatic heterocycles. The van der Waals surface area contributed by atoms with Crippen LogP contribution in [-0.2, 0) is 6.42 Å². The second kappa shape index (κ2) is 6.83. The number of amides is 2. The lowest BCUT2D eigenvalue weighted by molar-refractivity contribution is 0.170. The van der Waals surface area contributed by atoms with Crippen molar-refractivity contribution in [3.8, 4) is 0 Å². The van der Waals surface area contributed by atoms with Crippen molar-refractivity contribution in [1.29, 1.82) is 0 Å². The lowest BCUT2D eigenvalue weighted by Crippen LogP contribution is -2.46. The molecule has 0 atom stereocenters. The molecule has 2 aromatic rings. The van der Waals surface area contributed by atoms with Crippen molar-refractivity contribution >= 4 is 17.1 Å². The van der Waals surface area contributed by atoms with E-state index in [1.807, 2.05) is 24.3 Å². The summed E-state index contributed by atoms with van der Waals surface area (Å²) in [4.78, 5) is 22.6. The summed E-state index contributed by atoms with van der Waals surface area (Å²) >= 11 is 0. The van der Waals surface area contributed by atoms with E-state index in [-0.39, 0.29) is 6.03 Å². The third-order valence-electron chi connectivity index (χ3n) is 5.20. The van der Waals surface area contributed by atoms with Crippen LogP contribution in [0.25, 0.3) is 11.0 Å². The van der Waals surface area contributed by atoms with Gasteiger partial charge in [-0.3, -0.25) is 0 Å². The summed E-state index contributed by atoms with van der Waals surface area (Å²) in [6, 6.07) is 9.21. The van der Waals surface area contributed by atoms with Gasteiger partial charge >= 0.3 is 6.03 Å². The van der Waals surface area contributed by atoms with Gasteiger partial charge in [0.2, 0.25) is 0 Å². The van der Waals surface area contributed by atoms with Crippen molar-refractivity contribution < 1.29 is 4.79 Å². The number of imidazole rings is 1. The number of aromatic nitrogens is 2. The number of carbonyl (C=O) groups excluding carboxylic acids is 1. The van der Waals surface area contributed by atoms with Gasteiger partial charge in [-0.25, -0.2) is 9.78 Å². The molecule has 2 amide bonds. The summed E-state index contributed by atoms with van der Waals surface area (Å²) in [5.74, 6) is 1.00. The first kappa shape index (κ1) is 15.5. The van der Waals surface area contributed by atoms with Crippen molar-refractivity contribution in [2.75, 3.05) is 6.54 Å². The molecule has 2 aliphatic rings. The van der Waals surface area contributed by atoms with Gasteiger partial charge in [-0.1, -0.05) is 25.0 Å². The number of H-pyrrole nitrogens is 1. The van der Waals surface area contributed by atoms with E-state index in [1.165, 1.54) is 38.5 Å². The van der Waals surface area contributed by atoms with E-state index in [4.69, 9.17) is 0 Å². The van der Waals surface area contributed by atoms with E-state index in [0.29, 0.717) is 18.6 Å². The normalized spacial score (nSPS) is 18.2. The van der Waals surface area contributed by atoms with E-state index in [0.717, 1.165) is 29.7 Å². The summed E-state index contributed by atoms with van der Waals surface area (Å²) in [5.41, 5.74) is 2.09. The summed E-state index contributed by atoms with van der Waals surface area (Å²) in [5, 5.41) is 3.13. The van der Waals surface area contributed by atoms with Gasteiger partial charge in [0, 0.05) is 25.0 Å². The Morgan fingerprint density at radius 3 is 2.67 bits per heavy atom. The Kier molecular flexibility index (Phi) is 4.41. The van der Waals surface area contributed by atoms with Gasteiger partial charge in [0.1, 0.15) is 5.82 Å². The van der Waals surface area contributed by atoms with Crippen LogP contribution in [-0.4, -0.2) is 39.5 Å². The van der Waals surface area contributed by atoms with Gasteiger partial charge in [-0.15, -0.1) is 0 Å². The largest absolute Gasteiger partial charge is 0.342 e. The smallest absolute Gasteiger partial charge is 0.317 e. The fraction of sp³-hybridized carbons (Fsp3) is 0.579. The highest BCUT2D eigenvalue weighted by molar-refractivity contribution is 5.75. The second-order valence-corrected chi connectivity index (χ2v) is 7.11. The van der Waals surface area contributed by atoms with E-state index >= 15 is 0 Å². The SMILES string of the molecule is O=C(NCCCc1nc2ccccc2[nH]1)N(C1CCCC1)C1CC1. The number of nitrogens with one attached hydrogen (secondary N) is 2. The van der Waals surface area contributed by atoms with Gasteiger partial charge in [0.05, 0.1) is 11.0 Å². The Morgan fingerprint density at radius 1 is 1.17 bits per heavy atom. The molecule has 0 spiro atoms. The molecule has 128 valence electrons. The number of benzene rings is 1. The Morgan fingerprint density at radius 2 is 1.92 bits per heavy atom. The number of aryl methyl sites for hydroxylation is 1. The zero-order valence-corrected chi connectivity index (χ0v) is 14.1. The number of nitrogens with zero attached hydrogens (tertiary/aromatic N) is 2. The van der Waals surface area contributed by atoms with Crippen LogP contribution in [0.3, 0.4) is 0 Å². The first-order valence-corrected chi connectivity index (χ1v) is 9.31. The third-order valence-corrected chi connectivity index (χ3v) is 5.20. The van der Waals surface area contributed by atoms with Crippen LogP contribution in [0.4, 0.5) is 4.79 Å². The molecule has 5 nitrogen and oxygen atoms in total. The lowest BCUT2D eigenvalue weighted by atomic mass is 10.2. The zero-order chi connectivity index (χ0) is 16.4. The molecule has 0 bridgehead atoms. The molecule has 1 aromatic carbocycles. The first-order valence-electron chi connectivity index (χ1n) is 9.31. The van der Waals surface area contributed by atoms with Gasteiger partial charge < -0.3 is 15.2 Å². The van der Waals surface area contributed by atoms with Crippen LogP contribution in [0.2, 0.25) is 0 Å². The molecule has 0 saturated heterocycles. The Bertz CT molecular complexity index is 667. The monoisotopic (exact) mass is 326 g/mol. The Balaban J connectivity index is 1.26. The molecule has 1 aromatic heterocycles. The molecule has 2 fully saturated rings. The molecule has 24 heavy (non-hydrogen) atoms. The molecule has 0 radical (unpaired) electrons. The van der Waals surface area contributed by atoms with Crippen molar-refractivity contribution in [2.24, 2.45) is 0 Å². The number of hydrogen-bond donors (Lipinski definition) is 2. The fourth-order valence-electron chi connectivity index (χ4n) is 3.83. The van der Waals surface area contributed by atoms with Crippen LogP contribution in [0, 0.1) is 0 Å². The molecule has 1 heterocycles. The third kappa shape index (κ3) is 3.40. The Hall–Kier alpha value is -2.04. The van der Waals surface area contributed by atoms with Crippen molar-refractivity contribution in [3.05, 3.63) is 30.1 Å². The summed E-state index contributed by atoms with van der Waals surface area (Å²) < 4.78 is 0. The molecular formula is C19H26N4O. The number of carbonyl (C=O) groups is 1. The summed E-state index contributed by atoms with van der Waals surface area (Å²) in [7, 11) is 0. The number of hydrogen-bond acceptors (Lipinski definition) is 2. The molecule has 2 N–H and O–H groups in total. The fourth-order valence-corrected chi connectivity index (χ4v) is 3.83. The average Bonchev–Trinajstić information content (AvgIpc) is 3.11. The Labute approximate surface area is 142 Å².